The Morgan fingerprint density at radius 3 is 1.70 bits per heavy atom. The average molecular weight is 1220 g/mol. The fraction of sp³-hybridized carbons (Fsp3) is 0.232. The predicted molar refractivity (Wildman–Crippen MR) is 346 cm³/mol. The van der Waals surface area contributed by atoms with Crippen molar-refractivity contribution in [2.75, 3.05) is 38.1 Å². The Kier molecular flexibility index (Phi) is 21.1. The van der Waals surface area contributed by atoms with Gasteiger partial charge in [0.2, 0.25) is 9.84 Å². The number of carbonyl (C=O) groups is 2. The molecule has 2 aromatic heterocycles. The van der Waals surface area contributed by atoms with Crippen LogP contribution in [0.1, 0.15) is 89.6 Å². The van der Waals surface area contributed by atoms with Crippen molar-refractivity contribution in [2.24, 2.45) is 5.10 Å². The molecule has 0 radical (unpaired) electrons. The first-order chi connectivity index (χ1) is 42.7. The highest BCUT2D eigenvalue weighted by atomic mass is 32.2. The van der Waals surface area contributed by atoms with E-state index in [2.05, 4.69) is 92.1 Å². The molecule has 7 aromatic carbocycles. The second-order valence-corrected chi connectivity index (χ2v) is 23.7. The molecule has 12 rings (SSSR count). The number of imidazole rings is 2. The molecule has 89 heavy (non-hydrogen) atoms. The number of anilines is 1. The van der Waals surface area contributed by atoms with E-state index in [1.54, 1.807) is 95.4 Å². The van der Waals surface area contributed by atoms with Crippen LogP contribution in [0.25, 0.3) is 17.5 Å². The third-order valence-electron chi connectivity index (χ3n) is 14.6. The van der Waals surface area contributed by atoms with Gasteiger partial charge in [0.1, 0.15) is 25.1 Å². The van der Waals surface area contributed by atoms with Gasteiger partial charge in [-0.3, -0.25) is 9.69 Å². The highest BCUT2D eigenvalue weighted by Crippen LogP contribution is 2.41. The topological polar surface area (TPSA) is 205 Å². The molecule has 0 fully saturated rings. The second-order valence-electron chi connectivity index (χ2n) is 21.7. The minimum Gasteiger partial charge on any atom is -0.493 e. The van der Waals surface area contributed by atoms with E-state index in [-0.39, 0.29) is 25.2 Å². The largest absolute Gasteiger partial charge is 0.493 e. The maximum atomic E-state index is 13.9. The number of carbonyl (C=O) groups excluding carboxylic acids is 2. The third kappa shape index (κ3) is 16.3. The fourth-order valence-corrected chi connectivity index (χ4v) is 11.7. The molecule has 0 bridgehead atoms. The minimum absolute atomic E-state index is 0. The zero-order valence-electron chi connectivity index (χ0n) is 49.6. The van der Waals surface area contributed by atoms with Crippen molar-refractivity contribution in [1.29, 1.82) is 0 Å². The number of ether oxygens (including phenoxy) is 5. The molecular weight excluding hydrogens is 1140 g/mol. The van der Waals surface area contributed by atoms with Crippen molar-refractivity contribution in [3.05, 3.63) is 252 Å². The van der Waals surface area contributed by atoms with Crippen LogP contribution in [0.4, 0.5) is 10.5 Å². The highest BCUT2D eigenvalue weighted by molar-refractivity contribution is 8.06. The number of aromatic nitrogens is 4. The van der Waals surface area contributed by atoms with E-state index in [4.69, 9.17) is 23.7 Å². The molecule has 3 aliphatic rings. The number of hydrogen-bond acceptors (Lipinski definition) is 16. The zero-order chi connectivity index (χ0) is 61.5. The van der Waals surface area contributed by atoms with Gasteiger partial charge in [-0.25, -0.2) is 33.7 Å². The molecular formula is C69H74N10O9S. The van der Waals surface area contributed by atoms with E-state index in [0.29, 0.717) is 47.9 Å². The van der Waals surface area contributed by atoms with E-state index in [1.165, 1.54) is 28.1 Å². The summed E-state index contributed by atoms with van der Waals surface area (Å²) >= 11 is 0. The maximum absolute atomic E-state index is 13.9. The minimum atomic E-state index is -4.06. The molecule has 460 valence electrons. The average Bonchev–Trinajstić information content (AvgIpc) is 1.47. The van der Waals surface area contributed by atoms with Gasteiger partial charge in [0.15, 0.2) is 23.0 Å². The van der Waals surface area contributed by atoms with Gasteiger partial charge in [-0.05, 0) is 145 Å². The predicted octanol–water partition coefficient (Wildman–Crippen LogP) is 12.0. The Morgan fingerprint density at radius 2 is 1.18 bits per heavy atom. The van der Waals surface area contributed by atoms with Gasteiger partial charge in [0, 0.05) is 54.8 Å². The lowest BCUT2D eigenvalue weighted by atomic mass is 9.93. The van der Waals surface area contributed by atoms with Gasteiger partial charge >= 0.3 is 6.09 Å². The number of sulfone groups is 1. The number of hydrazone groups is 1. The number of aldehydes is 1. The molecule has 3 N–H and O–H groups in total. The normalized spacial score (nSPS) is 15.0. The lowest BCUT2D eigenvalue weighted by Gasteiger charge is -2.38. The number of benzene rings is 7. The molecule has 5 heterocycles. The number of para-hydroxylation sites is 1. The van der Waals surface area contributed by atoms with Crippen LogP contribution >= 0.6 is 0 Å². The molecule has 9 aromatic rings. The number of fused-ring (bicyclic) bond motifs is 2. The van der Waals surface area contributed by atoms with E-state index < -0.39 is 33.3 Å². The Labute approximate surface area is 520 Å². The fourth-order valence-electron chi connectivity index (χ4n) is 10.2. The molecule has 1 amide bonds. The van der Waals surface area contributed by atoms with Crippen molar-refractivity contribution >= 4 is 39.1 Å². The molecule has 3 aliphatic heterocycles. The van der Waals surface area contributed by atoms with Crippen molar-refractivity contribution < 1.29 is 41.7 Å². The Balaban J connectivity index is 0.000000177. The zero-order valence-corrected chi connectivity index (χ0v) is 50.4. The van der Waals surface area contributed by atoms with E-state index in [1.807, 2.05) is 94.3 Å². The van der Waals surface area contributed by atoms with E-state index >= 15 is 0 Å². The van der Waals surface area contributed by atoms with Gasteiger partial charge in [-0.2, -0.15) is 0 Å². The summed E-state index contributed by atoms with van der Waals surface area (Å²) in [5.74, 6) is 2.09. The van der Waals surface area contributed by atoms with Crippen molar-refractivity contribution in [1.82, 2.24) is 40.4 Å². The maximum Gasteiger partial charge on any atom is 0.410 e. The van der Waals surface area contributed by atoms with Crippen LogP contribution in [-0.4, -0.2) is 88.6 Å². The van der Waals surface area contributed by atoms with Gasteiger partial charge in [0.25, 0.3) is 5.17 Å². The third-order valence-corrected chi connectivity index (χ3v) is 16.2. The summed E-state index contributed by atoms with van der Waals surface area (Å²) in [7, 11) is -0.834. The molecule has 20 heteroatoms. The number of amidine groups is 1. The van der Waals surface area contributed by atoms with Crippen molar-refractivity contribution in [2.45, 2.75) is 71.9 Å². The summed E-state index contributed by atoms with van der Waals surface area (Å²) in [5.41, 5.74) is 15.2. The van der Waals surface area contributed by atoms with Crippen molar-refractivity contribution in [3.63, 3.8) is 0 Å². The molecule has 19 nitrogen and oxygen atoms in total. The van der Waals surface area contributed by atoms with E-state index in [9.17, 15) is 18.0 Å². The highest BCUT2D eigenvalue weighted by Gasteiger charge is 2.41. The number of nitrogens with zero attached hydrogens (tertiary/aromatic N) is 7. The number of amides is 1. The quantitative estimate of drug-likeness (QED) is 0.0770. The summed E-state index contributed by atoms with van der Waals surface area (Å²) < 4.78 is 61.0. The van der Waals surface area contributed by atoms with Crippen LogP contribution in [0.2, 0.25) is 0 Å². The molecule has 0 aliphatic carbocycles. The van der Waals surface area contributed by atoms with Crippen molar-refractivity contribution in [3.8, 4) is 34.4 Å². The standard InChI is InChI=1S/C30H35N5O6S.C28H27N3O2.C10H8N2O.CH4/c1-30(2,3)41-29(36)34-16-15-22-17-27(40-19-21-11-7-5-8-12-21)26(39-4)18-24(22)25(34)20-42(37,38)28-31-32-33-35(28)23-13-9-6-10-14-23;1-32-27-18-25-23(17-28(27)33-19-22-5-3-2-4-6-22)13-14-30-26(25)12-9-21-7-10-24(11-8-21)31-16-15-29-20-31;13-7-9-1-3-10(4-2-9)12-6-5-11-8-12;/h5-14,17-18,25,32-33H,15-16,19-20H2,1-4H3;2-12,15-18,20,26,30H,13-14,19H2,1H3;1-8H;1H4/b;12-9+;;. The summed E-state index contributed by atoms with van der Waals surface area (Å²) in [6, 6.07) is 51.8. The molecule has 2 unspecified atom stereocenters. The summed E-state index contributed by atoms with van der Waals surface area (Å²) in [6.07, 6.45) is 16.9. The first-order valence-corrected chi connectivity index (χ1v) is 30.4. The van der Waals surface area contributed by atoms with Gasteiger partial charge in [0.05, 0.1) is 50.4 Å². The van der Waals surface area contributed by atoms with Crippen LogP contribution in [0.5, 0.6) is 23.0 Å². The number of nitrogens with one attached hydrogen (secondary N) is 3. The summed E-state index contributed by atoms with van der Waals surface area (Å²) in [5, 5.41) is 8.79. The smallest absolute Gasteiger partial charge is 0.410 e. The van der Waals surface area contributed by atoms with Crippen LogP contribution in [0.3, 0.4) is 0 Å². The number of methoxy groups -OCH3 is 2. The van der Waals surface area contributed by atoms with Crippen LogP contribution in [-0.2, 0) is 40.6 Å². The molecule has 0 saturated carbocycles. The second kappa shape index (κ2) is 29.6. The Bertz CT molecular complexity index is 3920. The summed E-state index contributed by atoms with van der Waals surface area (Å²) in [4.78, 5) is 33.3. The first kappa shape index (κ1) is 63.5. The van der Waals surface area contributed by atoms with Crippen LogP contribution in [0, 0.1) is 0 Å². The van der Waals surface area contributed by atoms with Crippen LogP contribution < -0.4 is 40.3 Å². The lowest BCUT2D eigenvalue weighted by molar-refractivity contribution is 0.0162. The molecule has 0 saturated heterocycles. The van der Waals surface area contributed by atoms with E-state index in [0.717, 1.165) is 64.4 Å². The molecule has 0 spiro atoms. The first-order valence-electron chi connectivity index (χ1n) is 28.7. The number of rotatable bonds is 16. The Hall–Kier alpha value is -10.0. The number of hydrogen-bond donors (Lipinski definition) is 3. The van der Waals surface area contributed by atoms with Gasteiger partial charge < -0.3 is 38.1 Å². The monoisotopic (exact) mass is 1220 g/mol. The molecule has 2 atom stereocenters. The van der Waals surface area contributed by atoms with Gasteiger partial charge in [-0.1, -0.05) is 111 Å². The van der Waals surface area contributed by atoms with Crippen LogP contribution in [0.15, 0.2) is 212 Å². The number of hydrazine groups is 2. The lowest BCUT2D eigenvalue weighted by Crippen LogP contribution is -2.48. The van der Waals surface area contributed by atoms with Gasteiger partial charge in [-0.15, -0.1) is 10.6 Å². The summed E-state index contributed by atoms with van der Waals surface area (Å²) in [6.45, 7) is 7.37. The Morgan fingerprint density at radius 1 is 0.652 bits per heavy atom. The SMILES string of the molecule is C.COc1cc2c(cc1OCc1ccccc1)CCN(C(=O)OC(C)(C)C)C2CS(=O)(=O)C1=NNNN1c1ccccc1.COc1cc2c(cc1OCc1ccccc1)CCNC2/C=C/c1ccc(-n2ccnc2)cc1.O=Cc1ccc(-n2ccnc2)cc1.